The highest BCUT2D eigenvalue weighted by atomic mass is 16.5. The Morgan fingerprint density at radius 3 is 2.95 bits per heavy atom. The first kappa shape index (κ1) is 13.2. The second kappa shape index (κ2) is 5.17. The maximum absolute atomic E-state index is 11.7. The summed E-state index contributed by atoms with van der Waals surface area (Å²) < 4.78 is 11.4. The van der Waals surface area contributed by atoms with Crippen LogP contribution < -0.4 is 11.5 Å². The highest BCUT2D eigenvalue weighted by Crippen LogP contribution is 2.19. The molecular formula is C13H16N2O4. The third-order valence-electron chi connectivity index (χ3n) is 2.91. The summed E-state index contributed by atoms with van der Waals surface area (Å²) in [4.78, 5) is 23.4. The van der Waals surface area contributed by atoms with Gasteiger partial charge in [0.15, 0.2) is 5.58 Å². The van der Waals surface area contributed by atoms with Gasteiger partial charge in [0, 0.05) is 0 Å². The fourth-order valence-corrected chi connectivity index (χ4v) is 1.77. The third-order valence-corrected chi connectivity index (χ3v) is 2.91. The van der Waals surface area contributed by atoms with Crippen molar-refractivity contribution in [2.24, 2.45) is 0 Å². The van der Waals surface area contributed by atoms with E-state index in [1.54, 1.807) is 25.1 Å². The number of anilines is 1. The van der Waals surface area contributed by atoms with Crippen molar-refractivity contribution in [2.75, 3.05) is 5.73 Å². The lowest BCUT2D eigenvalue weighted by Gasteiger charge is -2.10. The molecule has 2 N–H and O–H groups in total. The Hall–Kier alpha value is -2.24. The van der Waals surface area contributed by atoms with E-state index in [0.29, 0.717) is 16.8 Å². The predicted octanol–water partition coefficient (Wildman–Crippen LogP) is 1.52. The number of oxazole rings is 1. The Bertz CT molecular complexity index is 656. The quantitative estimate of drug-likeness (QED) is 0.668. The first-order valence-corrected chi connectivity index (χ1v) is 6.10. The van der Waals surface area contributed by atoms with Crippen LogP contribution in [0.25, 0.3) is 11.1 Å². The van der Waals surface area contributed by atoms with Crippen molar-refractivity contribution in [3.8, 4) is 0 Å². The average Bonchev–Trinajstić information content (AvgIpc) is 2.67. The molecule has 102 valence electrons. The molecule has 1 aromatic heterocycles. The van der Waals surface area contributed by atoms with Crippen molar-refractivity contribution in [1.82, 2.24) is 4.57 Å². The Morgan fingerprint density at radius 2 is 2.26 bits per heavy atom. The predicted molar refractivity (Wildman–Crippen MR) is 70.7 cm³/mol. The fourth-order valence-electron chi connectivity index (χ4n) is 1.77. The minimum atomic E-state index is -0.617. The van der Waals surface area contributed by atoms with Gasteiger partial charge in [-0.15, -0.1) is 0 Å². The Balaban J connectivity index is 2.33. The molecule has 19 heavy (non-hydrogen) atoms. The summed E-state index contributed by atoms with van der Waals surface area (Å²) in [5.74, 6) is -1.10. The number of fused-ring (bicyclic) bond motifs is 1. The smallest absolute Gasteiger partial charge is 0.420 e. The Morgan fingerprint density at radius 1 is 1.53 bits per heavy atom. The molecule has 0 aliphatic heterocycles. The van der Waals surface area contributed by atoms with Crippen LogP contribution in [0.5, 0.6) is 0 Å². The number of hydrogen-bond acceptors (Lipinski definition) is 5. The van der Waals surface area contributed by atoms with E-state index in [0.717, 1.165) is 6.42 Å². The van der Waals surface area contributed by atoms with E-state index in [4.69, 9.17) is 14.9 Å². The van der Waals surface area contributed by atoms with E-state index in [2.05, 4.69) is 0 Å². The number of nitrogens with two attached hydrogens (primary N) is 1. The summed E-state index contributed by atoms with van der Waals surface area (Å²) in [5.41, 5.74) is 6.98. The topological polar surface area (TPSA) is 87.5 Å². The van der Waals surface area contributed by atoms with Crippen LogP contribution in [0.15, 0.2) is 27.4 Å². The van der Waals surface area contributed by atoms with Gasteiger partial charge in [-0.1, -0.05) is 13.0 Å². The number of esters is 1. The zero-order chi connectivity index (χ0) is 14.0. The van der Waals surface area contributed by atoms with Crippen molar-refractivity contribution < 1.29 is 13.9 Å². The molecule has 0 spiro atoms. The number of benzene rings is 1. The average molecular weight is 264 g/mol. The second-order valence-electron chi connectivity index (χ2n) is 4.36. The van der Waals surface area contributed by atoms with Gasteiger partial charge in [-0.25, -0.2) is 4.79 Å². The number of nitrogen functional groups attached to an aromatic ring is 1. The van der Waals surface area contributed by atoms with Crippen LogP contribution in [0, 0.1) is 0 Å². The van der Waals surface area contributed by atoms with E-state index in [1.165, 1.54) is 4.57 Å². The summed E-state index contributed by atoms with van der Waals surface area (Å²) in [6, 6.07) is 4.96. The molecule has 1 unspecified atom stereocenters. The zero-order valence-corrected chi connectivity index (χ0v) is 10.9. The van der Waals surface area contributed by atoms with Crippen LogP contribution in [-0.2, 0) is 16.1 Å². The van der Waals surface area contributed by atoms with E-state index < -0.39 is 11.7 Å². The highest BCUT2D eigenvalue weighted by molar-refractivity contribution is 5.86. The number of rotatable bonds is 4. The Kier molecular flexibility index (Phi) is 3.59. The van der Waals surface area contributed by atoms with Gasteiger partial charge in [-0.3, -0.25) is 9.36 Å². The standard InChI is InChI=1S/C13H16N2O4/c1-3-8(2)18-11(16)7-15-12-9(14)5-4-6-10(12)19-13(15)17/h4-6,8H,3,7,14H2,1-2H3. The summed E-state index contributed by atoms with van der Waals surface area (Å²) in [6.45, 7) is 3.50. The Labute approximate surface area is 109 Å². The van der Waals surface area contributed by atoms with Gasteiger partial charge < -0.3 is 14.9 Å². The van der Waals surface area contributed by atoms with Crippen molar-refractivity contribution in [3.05, 3.63) is 28.7 Å². The van der Waals surface area contributed by atoms with Crippen LogP contribution in [-0.4, -0.2) is 16.6 Å². The molecule has 6 heteroatoms. The van der Waals surface area contributed by atoms with Crippen LogP contribution in [0.1, 0.15) is 20.3 Å². The van der Waals surface area contributed by atoms with Gasteiger partial charge in [0.2, 0.25) is 0 Å². The van der Waals surface area contributed by atoms with Crippen LogP contribution >= 0.6 is 0 Å². The van der Waals surface area contributed by atoms with Crippen LogP contribution in [0.4, 0.5) is 5.69 Å². The minimum absolute atomic E-state index is 0.182. The summed E-state index contributed by atoms with van der Waals surface area (Å²) in [5, 5.41) is 0. The molecule has 0 saturated carbocycles. The molecule has 0 saturated heterocycles. The van der Waals surface area contributed by atoms with Crippen LogP contribution in [0.2, 0.25) is 0 Å². The van der Waals surface area contributed by atoms with Gasteiger partial charge in [-0.2, -0.15) is 0 Å². The molecule has 0 fully saturated rings. The highest BCUT2D eigenvalue weighted by Gasteiger charge is 2.16. The zero-order valence-electron chi connectivity index (χ0n) is 10.9. The maximum Gasteiger partial charge on any atom is 0.420 e. The molecule has 6 nitrogen and oxygen atoms in total. The molecule has 2 aromatic rings. The van der Waals surface area contributed by atoms with Gasteiger partial charge in [-0.05, 0) is 25.5 Å². The fraction of sp³-hybridized carbons (Fsp3) is 0.385. The molecule has 2 rings (SSSR count). The first-order valence-electron chi connectivity index (χ1n) is 6.10. The summed E-state index contributed by atoms with van der Waals surface area (Å²) in [7, 11) is 0. The molecule has 0 aliphatic rings. The van der Waals surface area contributed by atoms with E-state index in [-0.39, 0.29) is 12.6 Å². The number of nitrogens with zero attached hydrogens (tertiary/aromatic N) is 1. The number of ether oxygens (including phenoxy) is 1. The number of carbonyl (C=O) groups excluding carboxylic acids is 1. The molecule has 1 aromatic carbocycles. The number of carbonyl (C=O) groups is 1. The van der Waals surface area contributed by atoms with Gasteiger partial charge >= 0.3 is 11.7 Å². The van der Waals surface area contributed by atoms with Crippen molar-refractivity contribution in [3.63, 3.8) is 0 Å². The first-order chi connectivity index (χ1) is 9.02. The lowest BCUT2D eigenvalue weighted by molar-refractivity contribution is -0.149. The molecule has 0 aliphatic carbocycles. The molecule has 1 heterocycles. The normalized spacial score (nSPS) is 12.5. The maximum atomic E-state index is 11.7. The molecule has 0 bridgehead atoms. The second-order valence-corrected chi connectivity index (χ2v) is 4.36. The molecular weight excluding hydrogens is 248 g/mol. The van der Waals surface area contributed by atoms with Crippen molar-refractivity contribution in [2.45, 2.75) is 32.9 Å². The van der Waals surface area contributed by atoms with E-state index >= 15 is 0 Å². The largest absolute Gasteiger partial charge is 0.461 e. The van der Waals surface area contributed by atoms with Crippen molar-refractivity contribution in [1.29, 1.82) is 0 Å². The van der Waals surface area contributed by atoms with Gasteiger partial charge in [0.25, 0.3) is 0 Å². The lowest BCUT2D eigenvalue weighted by Crippen LogP contribution is -2.24. The van der Waals surface area contributed by atoms with Crippen molar-refractivity contribution >= 4 is 22.8 Å². The summed E-state index contributed by atoms with van der Waals surface area (Å²) >= 11 is 0. The van der Waals surface area contributed by atoms with Gasteiger partial charge in [0.1, 0.15) is 12.1 Å². The third kappa shape index (κ3) is 2.62. The number of aromatic nitrogens is 1. The molecule has 0 amide bonds. The van der Waals surface area contributed by atoms with Crippen LogP contribution in [0.3, 0.4) is 0 Å². The van der Waals surface area contributed by atoms with Gasteiger partial charge in [0.05, 0.1) is 11.8 Å². The van der Waals surface area contributed by atoms with E-state index in [9.17, 15) is 9.59 Å². The number of hydrogen-bond donors (Lipinski definition) is 1. The SMILES string of the molecule is CCC(C)OC(=O)Cn1c(=O)oc2cccc(N)c21. The monoisotopic (exact) mass is 264 g/mol. The minimum Gasteiger partial charge on any atom is -0.461 e. The molecule has 0 radical (unpaired) electrons. The number of para-hydroxylation sites is 1. The molecule has 1 atom stereocenters. The van der Waals surface area contributed by atoms with E-state index in [1.807, 2.05) is 6.92 Å². The summed E-state index contributed by atoms with van der Waals surface area (Å²) in [6.07, 6.45) is 0.535. The lowest BCUT2D eigenvalue weighted by atomic mass is 10.3.